The zero-order valence-electron chi connectivity index (χ0n) is 21.1. The summed E-state index contributed by atoms with van der Waals surface area (Å²) in [6, 6.07) is 5.64. The van der Waals surface area contributed by atoms with Gasteiger partial charge in [0.1, 0.15) is 23.7 Å². The third-order valence-corrected chi connectivity index (χ3v) is 6.87. The Balaban J connectivity index is 1.42. The number of rotatable bonds is 8. The van der Waals surface area contributed by atoms with Crippen LogP contribution in [0.4, 0.5) is 4.79 Å². The van der Waals surface area contributed by atoms with Gasteiger partial charge in [0, 0.05) is 27.6 Å². The Kier molecular flexibility index (Phi) is 6.97. The van der Waals surface area contributed by atoms with Gasteiger partial charge in [-0.3, -0.25) is 4.79 Å². The number of ether oxygens (including phenoxy) is 2. The summed E-state index contributed by atoms with van der Waals surface area (Å²) in [5, 5.41) is 17.8. The van der Waals surface area contributed by atoms with E-state index in [1.807, 2.05) is 25.1 Å². The number of benzene rings is 1. The lowest BCUT2D eigenvalue weighted by molar-refractivity contribution is -0.143. The Hall–Kier alpha value is -3.10. The van der Waals surface area contributed by atoms with Gasteiger partial charge >= 0.3 is 12.1 Å². The van der Waals surface area contributed by atoms with Crippen LogP contribution in [0.5, 0.6) is 5.75 Å². The topological polar surface area (TPSA) is 107 Å². The Morgan fingerprint density at radius 2 is 2.03 bits per heavy atom. The molecular weight excluding hydrogens is 436 g/mol. The van der Waals surface area contributed by atoms with Crippen molar-refractivity contribution in [2.45, 2.75) is 64.6 Å². The van der Waals surface area contributed by atoms with Gasteiger partial charge in [-0.05, 0) is 75.1 Å². The minimum absolute atomic E-state index is 0.0623. The van der Waals surface area contributed by atoms with Gasteiger partial charge in [-0.2, -0.15) is 0 Å². The van der Waals surface area contributed by atoms with E-state index in [0.29, 0.717) is 42.4 Å². The van der Waals surface area contributed by atoms with Crippen molar-refractivity contribution < 1.29 is 25.5 Å². The fraction of sp³-hybridized carbons (Fsp3) is 0.600. The molecule has 0 spiro atoms. The van der Waals surface area contributed by atoms with Crippen LogP contribution < -0.4 is 4.74 Å². The fourth-order valence-corrected chi connectivity index (χ4v) is 4.57. The molecule has 9 heteroatoms. The number of carboxylic acid groups (broad SMARTS) is 1. The molecule has 2 fully saturated rings. The second-order valence-electron chi connectivity index (χ2n) is 9.47. The maximum Gasteiger partial charge on any atom is 0.409 e. The summed E-state index contributed by atoms with van der Waals surface area (Å²) in [4.78, 5) is 25.5. The number of hydrogen-bond donors (Lipinski definition) is 1. The molecule has 0 bridgehead atoms. The van der Waals surface area contributed by atoms with Crippen molar-refractivity contribution in [3.05, 3.63) is 29.5 Å². The number of aromatic nitrogens is 3. The molecule has 1 aromatic carbocycles. The normalized spacial score (nSPS) is 23.0. The molecule has 0 aliphatic heterocycles. The van der Waals surface area contributed by atoms with E-state index in [1.54, 1.807) is 23.7 Å². The van der Waals surface area contributed by atoms with E-state index in [0.717, 1.165) is 30.4 Å². The summed E-state index contributed by atoms with van der Waals surface area (Å²) in [5.74, 6) is -1.36. The molecule has 1 N–H and O–H groups in total. The quantitative estimate of drug-likeness (QED) is 0.615. The molecule has 34 heavy (non-hydrogen) atoms. The maximum absolute atomic E-state index is 12.4. The standard InChI is InChI=1S/C25H34N4O5/c1-16-12-18(10-11-22(16)34-20-9-5-8-19(13-20)24(30)31)23-21(29(3)27-26-23)15-33-25(32)28(2)14-17-6-4-7-17/h10-12,17,19-20H,4-9,13-15H2,1-3H3,(H,30,31)/t19?,20-/m0/s1/i19D. The number of hydrogen-bond acceptors (Lipinski definition) is 6. The highest BCUT2D eigenvalue weighted by molar-refractivity contribution is 5.70. The van der Waals surface area contributed by atoms with Crippen LogP contribution in [-0.4, -0.2) is 56.8 Å². The van der Waals surface area contributed by atoms with Crippen molar-refractivity contribution in [2.75, 3.05) is 13.6 Å². The molecule has 2 saturated carbocycles. The van der Waals surface area contributed by atoms with Gasteiger partial charge in [0.05, 0.1) is 12.0 Å². The largest absolute Gasteiger partial charge is 0.490 e. The lowest BCUT2D eigenvalue weighted by atomic mass is 9.85. The molecule has 2 aliphatic carbocycles. The summed E-state index contributed by atoms with van der Waals surface area (Å²) in [6.45, 7) is 2.69. The molecular formula is C25H34N4O5. The number of carboxylic acids is 1. The van der Waals surface area contributed by atoms with E-state index in [9.17, 15) is 14.7 Å². The number of nitrogens with zero attached hydrogens (tertiary/aromatic N) is 4. The monoisotopic (exact) mass is 471 g/mol. The summed E-state index contributed by atoms with van der Waals surface area (Å²) < 4.78 is 21.5. The SMILES string of the molecule is [2H]C1(C(=O)O)CCC[C@H](Oc2ccc(-c3nnn(C)c3COC(=O)N(C)CC3CCC3)cc2C)C1. The van der Waals surface area contributed by atoms with Crippen LogP contribution in [0.25, 0.3) is 11.3 Å². The lowest BCUT2D eigenvalue weighted by Crippen LogP contribution is -2.34. The predicted octanol–water partition coefficient (Wildman–Crippen LogP) is 4.18. The van der Waals surface area contributed by atoms with Crippen LogP contribution in [0.3, 0.4) is 0 Å². The van der Waals surface area contributed by atoms with Crippen LogP contribution in [0, 0.1) is 18.7 Å². The van der Waals surface area contributed by atoms with E-state index in [-0.39, 0.29) is 25.2 Å². The highest BCUT2D eigenvalue weighted by Gasteiger charge is 2.28. The first kappa shape index (κ1) is 22.7. The van der Waals surface area contributed by atoms with E-state index >= 15 is 0 Å². The van der Waals surface area contributed by atoms with Crippen molar-refractivity contribution >= 4 is 12.1 Å². The van der Waals surface area contributed by atoms with E-state index in [2.05, 4.69) is 10.3 Å². The minimum atomic E-state index is -1.49. The molecule has 1 unspecified atom stereocenters. The molecule has 1 aromatic heterocycles. The van der Waals surface area contributed by atoms with Crippen LogP contribution in [0.2, 0.25) is 0 Å². The van der Waals surface area contributed by atoms with Crippen LogP contribution in [0.1, 0.15) is 57.6 Å². The molecule has 9 nitrogen and oxygen atoms in total. The Morgan fingerprint density at radius 1 is 1.26 bits per heavy atom. The summed E-state index contributed by atoms with van der Waals surface area (Å²) >= 11 is 0. The molecule has 4 rings (SSSR count). The molecule has 0 radical (unpaired) electrons. The van der Waals surface area contributed by atoms with Gasteiger partial charge < -0.3 is 19.5 Å². The number of amides is 1. The highest BCUT2D eigenvalue weighted by atomic mass is 16.6. The van der Waals surface area contributed by atoms with Crippen LogP contribution >= 0.6 is 0 Å². The van der Waals surface area contributed by atoms with Crippen molar-refractivity contribution in [2.24, 2.45) is 18.9 Å². The van der Waals surface area contributed by atoms with Crippen molar-refractivity contribution in [3.8, 4) is 17.0 Å². The van der Waals surface area contributed by atoms with E-state index < -0.39 is 11.9 Å². The second-order valence-corrected chi connectivity index (χ2v) is 9.47. The Morgan fingerprint density at radius 3 is 2.71 bits per heavy atom. The van der Waals surface area contributed by atoms with E-state index in [4.69, 9.17) is 10.8 Å². The molecule has 184 valence electrons. The number of carbonyl (C=O) groups is 2. The first-order valence-corrected chi connectivity index (χ1v) is 11.9. The summed E-state index contributed by atoms with van der Waals surface area (Å²) in [6.07, 6.45) is 4.77. The third-order valence-electron chi connectivity index (χ3n) is 6.87. The zero-order chi connectivity index (χ0) is 25.2. The van der Waals surface area contributed by atoms with Gasteiger partial charge in [0.15, 0.2) is 0 Å². The van der Waals surface area contributed by atoms with Gasteiger partial charge in [-0.25, -0.2) is 9.48 Å². The molecule has 2 aliphatic rings. The van der Waals surface area contributed by atoms with Gasteiger partial charge in [-0.1, -0.05) is 11.6 Å². The average Bonchev–Trinajstić information content (AvgIpc) is 3.16. The van der Waals surface area contributed by atoms with Gasteiger partial charge in [0.2, 0.25) is 0 Å². The summed E-state index contributed by atoms with van der Waals surface area (Å²) in [7, 11) is 3.53. The molecule has 2 atom stereocenters. The third kappa shape index (κ3) is 5.51. The average molecular weight is 472 g/mol. The Bertz CT molecular complexity index is 1090. The van der Waals surface area contributed by atoms with E-state index in [1.165, 1.54) is 6.42 Å². The first-order chi connectivity index (χ1) is 16.7. The van der Waals surface area contributed by atoms with Crippen molar-refractivity contribution in [1.82, 2.24) is 19.9 Å². The van der Waals surface area contributed by atoms with Crippen molar-refractivity contribution in [1.29, 1.82) is 0 Å². The molecule has 1 amide bonds. The van der Waals surface area contributed by atoms with Crippen molar-refractivity contribution in [3.63, 3.8) is 0 Å². The maximum atomic E-state index is 12.4. The molecule has 0 saturated heterocycles. The Labute approximate surface area is 201 Å². The van der Waals surface area contributed by atoms with Crippen LogP contribution in [-0.2, 0) is 23.2 Å². The molecule has 2 aromatic rings. The van der Waals surface area contributed by atoms with Gasteiger partial charge in [-0.15, -0.1) is 5.10 Å². The summed E-state index contributed by atoms with van der Waals surface area (Å²) in [5.41, 5.74) is 3.01. The predicted molar refractivity (Wildman–Crippen MR) is 125 cm³/mol. The van der Waals surface area contributed by atoms with Gasteiger partial charge in [0.25, 0.3) is 0 Å². The fourth-order valence-electron chi connectivity index (χ4n) is 4.57. The smallest absolute Gasteiger partial charge is 0.409 e. The minimum Gasteiger partial charge on any atom is -0.490 e. The number of carbonyl (C=O) groups excluding carboxylic acids is 1. The second kappa shape index (κ2) is 10.4. The highest BCUT2D eigenvalue weighted by Crippen LogP contribution is 2.32. The first-order valence-electron chi connectivity index (χ1n) is 12.4. The lowest BCUT2D eigenvalue weighted by Gasteiger charge is -2.29. The zero-order valence-corrected chi connectivity index (χ0v) is 20.1. The number of aliphatic carboxylic acids is 1. The van der Waals surface area contributed by atoms with Crippen LogP contribution in [0.15, 0.2) is 18.2 Å². The molecule has 1 heterocycles. The number of aryl methyl sites for hydroxylation is 2.